The molecular formula is C21H18ClN3O4S. The van der Waals surface area contributed by atoms with Gasteiger partial charge in [-0.15, -0.1) is 0 Å². The van der Waals surface area contributed by atoms with Crippen molar-refractivity contribution in [2.45, 2.75) is 18.7 Å². The summed E-state index contributed by atoms with van der Waals surface area (Å²) in [5.41, 5.74) is 3.18. The molecule has 9 heteroatoms. The van der Waals surface area contributed by atoms with Crippen molar-refractivity contribution in [3.05, 3.63) is 92.5 Å². The van der Waals surface area contributed by atoms with Gasteiger partial charge in [-0.2, -0.15) is 0 Å². The number of nitro groups is 1. The Hall–Kier alpha value is -3.23. The first-order valence-corrected chi connectivity index (χ1v) is 10.7. The number of aliphatic imine (C=N–C) groups is 1. The standard InChI is InChI=1S/C21H18ClN3O4S/c1-14-3-10-20(15(2)11-14)24-30(28,29)18-7-5-17(6-8-18)23-13-16-4-9-19(22)21(12-16)25(26)27/h3-13,24H,1-2H3. The molecule has 3 aromatic carbocycles. The summed E-state index contributed by atoms with van der Waals surface area (Å²) in [5.74, 6) is 0. The fraction of sp³-hybridized carbons (Fsp3) is 0.0952. The van der Waals surface area contributed by atoms with Crippen LogP contribution < -0.4 is 4.72 Å². The summed E-state index contributed by atoms with van der Waals surface area (Å²) in [6.07, 6.45) is 1.45. The van der Waals surface area contributed by atoms with E-state index < -0.39 is 14.9 Å². The molecule has 7 nitrogen and oxygen atoms in total. The number of nitrogens with one attached hydrogen (secondary N) is 1. The summed E-state index contributed by atoms with van der Waals surface area (Å²) in [4.78, 5) is 14.7. The zero-order valence-corrected chi connectivity index (χ0v) is 17.7. The highest BCUT2D eigenvalue weighted by atomic mass is 35.5. The maximum atomic E-state index is 12.6. The van der Waals surface area contributed by atoms with Crippen LogP contribution in [-0.4, -0.2) is 19.6 Å². The van der Waals surface area contributed by atoms with Gasteiger partial charge in [-0.1, -0.05) is 35.4 Å². The Bertz CT molecular complexity index is 1240. The van der Waals surface area contributed by atoms with Gasteiger partial charge in [-0.25, -0.2) is 8.42 Å². The van der Waals surface area contributed by atoms with Gasteiger partial charge < -0.3 is 0 Å². The first-order valence-electron chi connectivity index (χ1n) is 8.84. The maximum absolute atomic E-state index is 12.6. The quantitative estimate of drug-likeness (QED) is 0.312. The molecule has 0 aliphatic heterocycles. The number of halogens is 1. The van der Waals surface area contributed by atoms with E-state index in [-0.39, 0.29) is 15.6 Å². The van der Waals surface area contributed by atoms with Crippen molar-refractivity contribution in [3.63, 3.8) is 0 Å². The normalized spacial score (nSPS) is 11.6. The number of benzene rings is 3. The van der Waals surface area contributed by atoms with Crippen LogP contribution in [0.15, 0.2) is 70.6 Å². The minimum absolute atomic E-state index is 0.0445. The summed E-state index contributed by atoms with van der Waals surface area (Å²) in [6.45, 7) is 3.77. The number of nitro benzene ring substituents is 1. The predicted molar refractivity (Wildman–Crippen MR) is 119 cm³/mol. The number of rotatable bonds is 6. The molecule has 3 aromatic rings. The Morgan fingerprint density at radius 1 is 1.03 bits per heavy atom. The van der Waals surface area contributed by atoms with E-state index in [1.165, 1.54) is 30.5 Å². The summed E-state index contributed by atoms with van der Waals surface area (Å²) < 4.78 is 27.9. The molecule has 0 aliphatic rings. The minimum Gasteiger partial charge on any atom is -0.279 e. The van der Waals surface area contributed by atoms with E-state index in [0.29, 0.717) is 16.9 Å². The van der Waals surface area contributed by atoms with Gasteiger partial charge in [0, 0.05) is 12.3 Å². The molecule has 3 rings (SSSR count). The largest absolute Gasteiger partial charge is 0.288 e. The Labute approximate surface area is 179 Å². The first-order chi connectivity index (χ1) is 14.2. The Balaban J connectivity index is 1.78. The SMILES string of the molecule is Cc1ccc(NS(=O)(=O)c2ccc(N=Cc3ccc(Cl)c([N+](=O)[O-])c3)cc2)c(C)c1. The molecule has 0 unspecified atom stereocenters. The van der Waals surface area contributed by atoms with Crippen LogP contribution in [0, 0.1) is 24.0 Å². The molecule has 0 atom stereocenters. The second-order valence-electron chi connectivity index (χ2n) is 6.64. The van der Waals surface area contributed by atoms with E-state index in [4.69, 9.17) is 11.6 Å². The van der Waals surface area contributed by atoms with Crippen LogP contribution in [0.4, 0.5) is 17.1 Å². The Morgan fingerprint density at radius 3 is 2.37 bits per heavy atom. The van der Waals surface area contributed by atoms with Crippen molar-refractivity contribution < 1.29 is 13.3 Å². The highest BCUT2D eigenvalue weighted by molar-refractivity contribution is 7.92. The summed E-state index contributed by atoms with van der Waals surface area (Å²) in [5, 5.41) is 11.0. The lowest BCUT2D eigenvalue weighted by molar-refractivity contribution is -0.384. The molecule has 1 N–H and O–H groups in total. The van der Waals surface area contributed by atoms with Crippen molar-refractivity contribution in [2.75, 3.05) is 4.72 Å². The Morgan fingerprint density at radius 2 is 1.73 bits per heavy atom. The van der Waals surface area contributed by atoms with E-state index >= 15 is 0 Å². The third kappa shape index (κ3) is 5.03. The molecule has 0 spiro atoms. The van der Waals surface area contributed by atoms with E-state index in [9.17, 15) is 18.5 Å². The molecule has 0 heterocycles. The summed E-state index contributed by atoms with van der Waals surface area (Å²) in [6, 6.07) is 15.8. The van der Waals surface area contributed by atoms with Gasteiger partial charge >= 0.3 is 0 Å². The van der Waals surface area contributed by atoms with Gasteiger partial charge in [0.2, 0.25) is 0 Å². The van der Waals surface area contributed by atoms with Crippen LogP contribution in [0.5, 0.6) is 0 Å². The van der Waals surface area contributed by atoms with Crippen molar-refractivity contribution in [3.8, 4) is 0 Å². The third-order valence-electron chi connectivity index (χ3n) is 4.30. The van der Waals surface area contributed by atoms with Gasteiger partial charge in [0.05, 0.1) is 21.2 Å². The maximum Gasteiger partial charge on any atom is 0.288 e. The Kier molecular flexibility index (Phi) is 6.19. The van der Waals surface area contributed by atoms with Crippen molar-refractivity contribution >= 4 is 44.9 Å². The highest BCUT2D eigenvalue weighted by Crippen LogP contribution is 2.25. The minimum atomic E-state index is -3.74. The van der Waals surface area contributed by atoms with Crippen LogP contribution in [0.1, 0.15) is 16.7 Å². The molecule has 0 amide bonds. The van der Waals surface area contributed by atoms with Gasteiger partial charge in [0.25, 0.3) is 15.7 Å². The zero-order valence-electron chi connectivity index (χ0n) is 16.2. The van der Waals surface area contributed by atoms with Crippen LogP contribution in [0.2, 0.25) is 5.02 Å². The fourth-order valence-corrected chi connectivity index (χ4v) is 4.06. The molecule has 30 heavy (non-hydrogen) atoms. The van der Waals surface area contributed by atoms with Gasteiger partial charge in [-0.05, 0) is 61.4 Å². The third-order valence-corrected chi connectivity index (χ3v) is 6.00. The molecule has 0 saturated heterocycles. The van der Waals surface area contributed by atoms with E-state index in [0.717, 1.165) is 11.1 Å². The topological polar surface area (TPSA) is 102 Å². The van der Waals surface area contributed by atoms with Gasteiger partial charge in [0.1, 0.15) is 5.02 Å². The van der Waals surface area contributed by atoms with Crippen molar-refractivity contribution in [2.24, 2.45) is 4.99 Å². The predicted octanol–water partition coefficient (Wildman–Crippen LogP) is 5.42. The first kappa shape index (κ1) is 21.5. The number of sulfonamides is 1. The highest BCUT2D eigenvalue weighted by Gasteiger charge is 2.15. The second-order valence-corrected chi connectivity index (χ2v) is 8.73. The molecule has 0 aromatic heterocycles. The smallest absolute Gasteiger partial charge is 0.279 e. The number of anilines is 1. The summed E-state index contributed by atoms with van der Waals surface area (Å²) >= 11 is 5.79. The van der Waals surface area contributed by atoms with Crippen LogP contribution in [0.25, 0.3) is 0 Å². The number of hydrogen-bond donors (Lipinski definition) is 1. The average molecular weight is 444 g/mol. The van der Waals surface area contributed by atoms with Gasteiger partial charge in [0.15, 0.2) is 0 Å². The number of aryl methyl sites for hydroxylation is 2. The zero-order chi connectivity index (χ0) is 21.9. The lowest BCUT2D eigenvalue weighted by Gasteiger charge is -2.11. The molecule has 154 valence electrons. The van der Waals surface area contributed by atoms with E-state index in [1.807, 2.05) is 26.0 Å². The fourth-order valence-electron chi connectivity index (χ4n) is 2.74. The number of hydrogen-bond acceptors (Lipinski definition) is 5. The molecular weight excluding hydrogens is 426 g/mol. The van der Waals surface area contributed by atoms with E-state index in [2.05, 4.69) is 9.71 Å². The van der Waals surface area contributed by atoms with Crippen LogP contribution >= 0.6 is 11.6 Å². The average Bonchev–Trinajstić information content (AvgIpc) is 2.69. The molecule has 0 radical (unpaired) electrons. The van der Waals surface area contributed by atoms with Crippen molar-refractivity contribution in [1.82, 2.24) is 0 Å². The lowest BCUT2D eigenvalue weighted by atomic mass is 10.1. The molecule has 0 bridgehead atoms. The lowest BCUT2D eigenvalue weighted by Crippen LogP contribution is -2.13. The molecule has 0 saturated carbocycles. The summed E-state index contributed by atoms with van der Waals surface area (Å²) in [7, 11) is -3.74. The van der Waals surface area contributed by atoms with Gasteiger partial charge in [-0.3, -0.25) is 19.8 Å². The van der Waals surface area contributed by atoms with Crippen LogP contribution in [-0.2, 0) is 10.0 Å². The number of nitrogens with zero attached hydrogens (tertiary/aromatic N) is 2. The van der Waals surface area contributed by atoms with Crippen LogP contribution in [0.3, 0.4) is 0 Å². The second kappa shape index (κ2) is 8.64. The molecule has 0 fully saturated rings. The van der Waals surface area contributed by atoms with E-state index in [1.54, 1.807) is 24.3 Å². The molecule has 0 aliphatic carbocycles. The van der Waals surface area contributed by atoms with Crippen molar-refractivity contribution in [1.29, 1.82) is 0 Å². The monoisotopic (exact) mass is 443 g/mol.